The molecule has 7 rings (SSSR count). The van der Waals surface area contributed by atoms with Gasteiger partial charge in [-0.3, -0.25) is 19.3 Å². The summed E-state index contributed by atoms with van der Waals surface area (Å²) in [6, 6.07) is 30.5. The van der Waals surface area contributed by atoms with Crippen LogP contribution in [-0.4, -0.2) is 45.5 Å². The summed E-state index contributed by atoms with van der Waals surface area (Å²) in [7, 11) is 0. The Balaban J connectivity index is 1.19. The van der Waals surface area contributed by atoms with Crippen LogP contribution in [-0.2, 0) is 45.9 Å². The number of carbonyl (C=O) groups is 3. The quantitative estimate of drug-likeness (QED) is 0.246. The Morgan fingerprint density at radius 3 is 2.38 bits per heavy atom. The van der Waals surface area contributed by atoms with Gasteiger partial charge in [0.25, 0.3) is 5.91 Å². The molecule has 0 unspecified atom stereocenters. The molecule has 3 aliphatic heterocycles. The number of nitrogens with zero attached hydrogens (tertiary/aromatic N) is 3. The number of rotatable bonds is 8. The Labute approximate surface area is 280 Å². The minimum Gasteiger partial charge on any atom is -0.394 e. The van der Waals surface area contributed by atoms with Crippen molar-refractivity contribution >= 4 is 34.8 Å². The van der Waals surface area contributed by atoms with E-state index in [0.717, 1.165) is 27.9 Å². The number of hydrogen-bond donors (Lipinski definition) is 2. The van der Waals surface area contributed by atoms with Crippen molar-refractivity contribution in [3.8, 4) is 0 Å². The van der Waals surface area contributed by atoms with Gasteiger partial charge in [0.05, 0.1) is 30.6 Å². The summed E-state index contributed by atoms with van der Waals surface area (Å²) >= 11 is 0. The minimum atomic E-state index is -1.93. The van der Waals surface area contributed by atoms with Crippen LogP contribution in [0.2, 0.25) is 0 Å². The van der Waals surface area contributed by atoms with Crippen molar-refractivity contribution in [2.75, 3.05) is 16.4 Å². The van der Waals surface area contributed by atoms with Crippen LogP contribution in [0.5, 0.6) is 0 Å². The molecule has 3 aliphatic rings. The fourth-order valence-corrected chi connectivity index (χ4v) is 7.38. The molecule has 48 heavy (non-hydrogen) atoms. The highest BCUT2D eigenvalue weighted by Crippen LogP contribution is 2.48. The first-order valence-corrected chi connectivity index (χ1v) is 16.6. The molecule has 8 heteroatoms. The topological polar surface area (TPSA) is 101 Å². The van der Waals surface area contributed by atoms with E-state index in [4.69, 9.17) is 0 Å². The first kappa shape index (κ1) is 31.5. The van der Waals surface area contributed by atoms with Gasteiger partial charge in [-0.2, -0.15) is 0 Å². The van der Waals surface area contributed by atoms with Gasteiger partial charge in [0.1, 0.15) is 0 Å². The Kier molecular flexibility index (Phi) is 8.45. The molecule has 3 amide bonds. The molecule has 0 radical (unpaired) electrons. The van der Waals surface area contributed by atoms with Crippen LogP contribution < -0.4 is 9.80 Å². The lowest BCUT2D eigenvalue weighted by Crippen LogP contribution is -2.46. The van der Waals surface area contributed by atoms with Crippen molar-refractivity contribution in [3.05, 3.63) is 137 Å². The van der Waals surface area contributed by atoms with Gasteiger partial charge in [-0.05, 0) is 59.4 Å². The lowest BCUT2D eigenvalue weighted by Gasteiger charge is -2.36. The fraction of sp³-hybridized carbons (Fsp3) is 0.275. The molecular formula is C40H39N3O5. The molecule has 0 aromatic heterocycles. The van der Waals surface area contributed by atoms with E-state index >= 15 is 0 Å². The third-order valence-electron chi connectivity index (χ3n) is 10.0. The highest BCUT2D eigenvalue weighted by atomic mass is 16.3. The molecule has 3 heterocycles. The summed E-state index contributed by atoms with van der Waals surface area (Å²) in [5.74, 6) is -1.34. The zero-order chi connectivity index (χ0) is 33.4. The van der Waals surface area contributed by atoms with Gasteiger partial charge in [-0.25, -0.2) is 0 Å². The summed E-state index contributed by atoms with van der Waals surface area (Å²) in [4.78, 5) is 46.0. The van der Waals surface area contributed by atoms with E-state index in [0.29, 0.717) is 42.7 Å². The lowest BCUT2D eigenvalue weighted by molar-refractivity contribution is -0.139. The molecule has 244 valence electrons. The number of aryl methyl sites for hydroxylation is 1. The molecule has 0 bridgehead atoms. The van der Waals surface area contributed by atoms with Crippen molar-refractivity contribution in [1.29, 1.82) is 0 Å². The van der Waals surface area contributed by atoms with Gasteiger partial charge in [0.15, 0.2) is 5.60 Å². The second-order valence-corrected chi connectivity index (χ2v) is 13.0. The lowest BCUT2D eigenvalue weighted by atomic mass is 9.82. The van der Waals surface area contributed by atoms with E-state index in [1.165, 1.54) is 0 Å². The monoisotopic (exact) mass is 641 g/mol. The number of hydrogen-bond acceptors (Lipinski definition) is 5. The minimum absolute atomic E-state index is 0.0457. The maximum atomic E-state index is 14.3. The fourth-order valence-electron chi connectivity index (χ4n) is 7.38. The SMILES string of the molecule is C[C@@H](/C=C/CC(=O)N1Cc2ccccc2C[C@H]1CO)[C@]1(O)C(=O)N(Cc2ccccc2)c2ccc(N3C(=O)CCc4ccccc43)cc21. The average molecular weight is 642 g/mol. The number of para-hydroxylation sites is 1. The number of anilines is 3. The van der Waals surface area contributed by atoms with Crippen LogP contribution in [0, 0.1) is 5.92 Å². The van der Waals surface area contributed by atoms with Crippen LogP contribution in [0.25, 0.3) is 0 Å². The van der Waals surface area contributed by atoms with Gasteiger partial charge >= 0.3 is 0 Å². The third-order valence-corrected chi connectivity index (χ3v) is 10.0. The second kappa shape index (κ2) is 12.9. The van der Waals surface area contributed by atoms with E-state index in [-0.39, 0.29) is 37.4 Å². The number of fused-ring (bicyclic) bond motifs is 3. The predicted molar refractivity (Wildman–Crippen MR) is 184 cm³/mol. The van der Waals surface area contributed by atoms with Gasteiger partial charge < -0.3 is 20.0 Å². The van der Waals surface area contributed by atoms with Crippen LogP contribution >= 0.6 is 0 Å². The van der Waals surface area contributed by atoms with Crippen LogP contribution in [0.4, 0.5) is 17.1 Å². The van der Waals surface area contributed by atoms with Gasteiger partial charge in [0.2, 0.25) is 11.8 Å². The summed E-state index contributed by atoms with van der Waals surface area (Å²) in [5.41, 5.74) is 4.66. The summed E-state index contributed by atoms with van der Waals surface area (Å²) in [5, 5.41) is 22.5. The third kappa shape index (κ3) is 5.51. The first-order valence-electron chi connectivity index (χ1n) is 16.6. The van der Waals surface area contributed by atoms with E-state index in [2.05, 4.69) is 0 Å². The molecular weight excluding hydrogens is 602 g/mol. The molecule has 3 atom stereocenters. The maximum Gasteiger partial charge on any atom is 0.264 e. The van der Waals surface area contributed by atoms with E-state index < -0.39 is 17.4 Å². The van der Waals surface area contributed by atoms with E-state index in [9.17, 15) is 24.6 Å². The first-order chi connectivity index (χ1) is 23.3. The van der Waals surface area contributed by atoms with Gasteiger partial charge in [0, 0.05) is 36.6 Å². The van der Waals surface area contributed by atoms with Crippen molar-refractivity contribution in [2.45, 2.75) is 57.3 Å². The summed E-state index contributed by atoms with van der Waals surface area (Å²) < 4.78 is 0. The number of aliphatic hydroxyl groups is 2. The summed E-state index contributed by atoms with van der Waals surface area (Å²) in [6.07, 6.45) is 5.12. The predicted octanol–water partition coefficient (Wildman–Crippen LogP) is 5.56. The second-order valence-electron chi connectivity index (χ2n) is 13.0. The Morgan fingerprint density at radius 1 is 0.896 bits per heavy atom. The molecule has 0 saturated carbocycles. The molecule has 0 spiro atoms. The molecule has 0 saturated heterocycles. The standard InChI is InChI=1S/C40H39N3O5/c1-27(10-9-17-37(45)41-25-31-15-6-5-14-30(31)22-33(41)26-44)40(48)34-23-32(43-35-16-8-7-13-29(35)18-21-38(43)46)19-20-36(34)42(39(40)47)24-28-11-3-2-4-12-28/h2-16,19-20,23,27,33,44,48H,17-18,21-22,24-26H2,1H3/b10-9+/t27-,33-,40+/m0/s1. The van der Waals surface area contributed by atoms with Crippen molar-refractivity contribution in [1.82, 2.24) is 4.90 Å². The largest absolute Gasteiger partial charge is 0.394 e. The number of aliphatic hydroxyl groups excluding tert-OH is 1. The molecule has 8 nitrogen and oxygen atoms in total. The number of amides is 3. The van der Waals surface area contributed by atoms with Crippen molar-refractivity contribution < 1.29 is 24.6 Å². The molecule has 0 fully saturated rings. The number of benzene rings is 4. The van der Waals surface area contributed by atoms with Crippen LogP contribution in [0.3, 0.4) is 0 Å². The van der Waals surface area contributed by atoms with E-state index in [1.54, 1.807) is 39.8 Å². The van der Waals surface area contributed by atoms with Gasteiger partial charge in [-0.1, -0.05) is 91.9 Å². The highest BCUT2D eigenvalue weighted by molar-refractivity contribution is 6.09. The highest BCUT2D eigenvalue weighted by Gasteiger charge is 2.53. The molecule has 2 N–H and O–H groups in total. The Hall–Kier alpha value is -5.05. The smallest absolute Gasteiger partial charge is 0.264 e. The summed E-state index contributed by atoms with van der Waals surface area (Å²) in [6.45, 7) is 2.34. The molecule has 0 aliphatic carbocycles. The normalized spacial score (nSPS) is 20.9. The molecule has 4 aromatic rings. The van der Waals surface area contributed by atoms with Crippen molar-refractivity contribution in [2.24, 2.45) is 5.92 Å². The Bertz CT molecular complexity index is 1910. The number of carbonyl (C=O) groups excluding carboxylic acids is 3. The van der Waals surface area contributed by atoms with Gasteiger partial charge in [-0.15, -0.1) is 0 Å². The van der Waals surface area contributed by atoms with E-state index in [1.807, 2.05) is 91.0 Å². The van der Waals surface area contributed by atoms with Crippen LogP contribution in [0.1, 0.15) is 47.6 Å². The van der Waals surface area contributed by atoms with Crippen LogP contribution in [0.15, 0.2) is 109 Å². The molecule has 4 aromatic carbocycles. The van der Waals surface area contributed by atoms with Crippen molar-refractivity contribution in [3.63, 3.8) is 0 Å². The maximum absolute atomic E-state index is 14.3. The average Bonchev–Trinajstić information content (AvgIpc) is 3.33. The Morgan fingerprint density at radius 2 is 1.60 bits per heavy atom. The zero-order valence-electron chi connectivity index (χ0n) is 27.0. The zero-order valence-corrected chi connectivity index (χ0v) is 27.0.